The smallest absolute Gasteiger partial charge is 0.260 e. The summed E-state index contributed by atoms with van der Waals surface area (Å²) in [6, 6.07) is 22.3. The first-order valence-electron chi connectivity index (χ1n) is 16.7. The second-order valence-corrected chi connectivity index (χ2v) is 11.5. The summed E-state index contributed by atoms with van der Waals surface area (Å²) in [5.41, 5.74) is 20.9. The molecule has 51 heavy (non-hydrogen) atoms. The van der Waals surface area contributed by atoms with Gasteiger partial charge in [-0.1, -0.05) is 99.5 Å². The van der Waals surface area contributed by atoms with Crippen LogP contribution in [-0.2, 0) is 22.7 Å². The van der Waals surface area contributed by atoms with Crippen molar-refractivity contribution < 1.29 is 9.59 Å². The van der Waals surface area contributed by atoms with Crippen LogP contribution in [0, 0.1) is 11.8 Å². The fourth-order valence-electron chi connectivity index (χ4n) is 4.82. The maximum absolute atomic E-state index is 12.1. The van der Waals surface area contributed by atoms with Crippen LogP contribution in [0.1, 0.15) is 76.3 Å². The molecule has 0 atom stereocenters. The summed E-state index contributed by atoms with van der Waals surface area (Å²) in [5, 5.41) is 4.10. The van der Waals surface area contributed by atoms with E-state index in [1.807, 2.05) is 83.2 Å². The Hall–Kier alpha value is -5.13. The molecule has 0 heterocycles. The Morgan fingerprint density at radius 2 is 1.24 bits per heavy atom. The molecule has 4 N–H and O–H groups in total. The number of benzene rings is 4. The third-order valence-electron chi connectivity index (χ3n) is 7.46. The summed E-state index contributed by atoms with van der Waals surface area (Å²) in [6.07, 6.45) is 4.15. The number of allylic oxidation sites excluding steroid dienone is 5. The number of rotatable bonds is 11. The van der Waals surface area contributed by atoms with Crippen LogP contribution in [0.5, 0.6) is 0 Å². The van der Waals surface area contributed by atoms with Crippen LogP contribution in [0.3, 0.4) is 0 Å². The van der Waals surface area contributed by atoms with Gasteiger partial charge in [0.2, 0.25) is 6.41 Å². The quantitative estimate of drug-likeness (QED) is 0.0124. The normalized spacial score (nSPS) is 10.2. The molecule has 4 rings (SSSR count). The summed E-state index contributed by atoms with van der Waals surface area (Å²) < 4.78 is 0. The van der Waals surface area contributed by atoms with Crippen molar-refractivity contribution in [2.45, 2.75) is 61.6 Å². The maximum Gasteiger partial charge on any atom is 0.260 e. The van der Waals surface area contributed by atoms with Gasteiger partial charge in [-0.25, -0.2) is 10.9 Å². The molecular formula is C44H54N4O2S. The topological polar surface area (TPSA) is 82.3 Å². The summed E-state index contributed by atoms with van der Waals surface area (Å²) in [5.74, 6) is 6.34. The predicted molar refractivity (Wildman–Crippen MR) is 224 cm³/mol. The van der Waals surface area contributed by atoms with Gasteiger partial charge in [-0.15, -0.1) is 6.58 Å². The maximum atomic E-state index is 12.1. The fraction of sp³-hybridized carbons (Fsp3) is 0.227. The first kappa shape index (κ1) is 43.9. The van der Waals surface area contributed by atoms with Crippen molar-refractivity contribution in [1.82, 2.24) is 21.7 Å². The van der Waals surface area contributed by atoms with E-state index in [1.165, 1.54) is 5.57 Å². The van der Waals surface area contributed by atoms with E-state index in [0.29, 0.717) is 25.1 Å². The van der Waals surface area contributed by atoms with Crippen LogP contribution in [0.25, 0.3) is 27.1 Å². The number of thiol groups is 1. The van der Waals surface area contributed by atoms with Crippen LogP contribution in [0.15, 0.2) is 121 Å². The zero-order valence-electron chi connectivity index (χ0n) is 31.5. The third-order valence-corrected chi connectivity index (χ3v) is 7.46. The number of carbonyl (C=O) groups excluding carboxylic acids is 2. The van der Waals surface area contributed by atoms with Gasteiger partial charge in [0.15, 0.2) is 0 Å². The van der Waals surface area contributed by atoms with Gasteiger partial charge >= 0.3 is 0 Å². The van der Waals surface area contributed by atoms with Crippen molar-refractivity contribution in [1.29, 1.82) is 0 Å². The summed E-state index contributed by atoms with van der Waals surface area (Å²) >= 11 is 3.53. The molecule has 0 fully saturated rings. The second-order valence-electron chi connectivity index (χ2n) is 11.5. The van der Waals surface area contributed by atoms with Crippen molar-refractivity contribution in [3.8, 4) is 11.8 Å². The molecule has 4 aromatic rings. The van der Waals surface area contributed by atoms with Crippen molar-refractivity contribution in [2.75, 3.05) is 6.26 Å². The Balaban J connectivity index is 0.00000149. The number of fused-ring (bicyclic) bond motifs is 2. The molecule has 0 saturated heterocycles. The summed E-state index contributed by atoms with van der Waals surface area (Å²) in [4.78, 5) is 23.0. The lowest BCUT2D eigenvalue weighted by atomic mass is 9.90. The van der Waals surface area contributed by atoms with E-state index in [2.05, 4.69) is 104 Å². The van der Waals surface area contributed by atoms with Gasteiger partial charge in [-0.3, -0.25) is 20.4 Å². The number of carbonyl (C=O) groups is 2. The molecule has 0 aromatic heterocycles. The molecule has 0 radical (unpaired) electrons. The number of amides is 2. The number of nitrogens with one attached hydrogen (secondary N) is 4. The molecule has 0 spiro atoms. The Labute approximate surface area is 311 Å². The standard InChI is InChI=1S/C37H36N4O2.C4H8.C2H6.CH4S/c1-7-25(4)26(5)27(6)30-17-14-28(15-18-30)12-13-29-16-19-33-34(20-29)36(21-38-40-23-42)32-11-9-8-10-31(32)35(33)22-39-41-37(43)24(2)3;1-4(2)3;2*1-2/h7-11,14-20,23,38-39H,1-2,6,21-22H2,3-5H3,(H,40,42)(H,41,43);1H2,2-3H3;1-2H3;2H,1H3/b26-25+;;;. The highest BCUT2D eigenvalue weighted by molar-refractivity contribution is 7.79. The Bertz CT molecular complexity index is 1940. The fourth-order valence-corrected chi connectivity index (χ4v) is 4.82. The molecule has 0 aliphatic carbocycles. The molecule has 4 aromatic carbocycles. The Morgan fingerprint density at radius 3 is 1.76 bits per heavy atom. The number of hydrogen-bond acceptors (Lipinski definition) is 5. The average Bonchev–Trinajstić information content (AvgIpc) is 3.15. The molecule has 268 valence electrons. The van der Waals surface area contributed by atoms with Crippen molar-refractivity contribution in [2.24, 2.45) is 0 Å². The van der Waals surface area contributed by atoms with Crippen molar-refractivity contribution >= 4 is 52.1 Å². The zero-order valence-corrected chi connectivity index (χ0v) is 32.4. The number of hydrazine groups is 2. The van der Waals surface area contributed by atoms with E-state index in [-0.39, 0.29) is 5.91 Å². The minimum Gasteiger partial charge on any atom is -0.294 e. The molecular weight excluding hydrogens is 649 g/mol. The highest BCUT2D eigenvalue weighted by Gasteiger charge is 2.14. The average molecular weight is 703 g/mol. The SMILES string of the molecule is C=C(C)C.C=C/C(C)=C(\C)C(=C)c1ccc(C#Cc2ccc3c(CNNC(=O)C(=C)C)c4ccccc4c(CNNC=O)c3c2)cc1.CC.CS. The van der Waals surface area contributed by atoms with E-state index >= 15 is 0 Å². The van der Waals surface area contributed by atoms with E-state index < -0.39 is 0 Å². The molecule has 0 aliphatic heterocycles. The lowest BCUT2D eigenvalue weighted by Gasteiger charge is -2.18. The molecule has 0 bridgehead atoms. The molecule has 6 nitrogen and oxygen atoms in total. The van der Waals surface area contributed by atoms with Gasteiger partial charge in [0, 0.05) is 29.8 Å². The zero-order chi connectivity index (χ0) is 38.5. The van der Waals surface area contributed by atoms with Gasteiger partial charge in [0.1, 0.15) is 0 Å². The Morgan fingerprint density at radius 1 is 0.745 bits per heavy atom. The van der Waals surface area contributed by atoms with E-state index in [4.69, 9.17) is 0 Å². The van der Waals surface area contributed by atoms with Gasteiger partial charge < -0.3 is 0 Å². The molecule has 0 saturated carbocycles. The van der Waals surface area contributed by atoms with Crippen LogP contribution < -0.4 is 21.7 Å². The Kier molecular flexibility index (Phi) is 20.1. The monoisotopic (exact) mass is 702 g/mol. The summed E-state index contributed by atoms with van der Waals surface area (Å²) in [7, 11) is 0. The van der Waals surface area contributed by atoms with Crippen molar-refractivity contribution in [3.05, 3.63) is 149 Å². The summed E-state index contributed by atoms with van der Waals surface area (Å²) in [6.45, 7) is 29.8. The minimum atomic E-state index is -0.261. The minimum absolute atomic E-state index is 0.261. The first-order chi connectivity index (χ1) is 24.5. The second kappa shape index (κ2) is 23.3. The third kappa shape index (κ3) is 13.3. The predicted octanol–water partition coefficient (Wildman–Crippen LogP) is 9.53. The van der Waals surface area contributed by atoms with Gasteiger partial charge in [0.25, 0.3) is 5.91 Å². The first-order valence-corrected chi connectivity index (χ1v) is 17.6. The lowest BCUT2D eigenvalue weighted by Crippen LogP contribution is -2.37. The van der Waals surface area contributed by atoms with Gasteiger partial charge in [-0.05, 0) is 120 Å². The largest absolute Gasteiger partial charge is 0.294 e. The highest BCUT2D eigenvalue weighted by Crippen LogP contribution is 2.34. The van der Waals surface area contributed by atoms with Crippen LogP contribution >= 0.6 is 12.6 Å². The van der Waals surface area contributed by atoms with Gasteiger partial charge in [0.05, 0.1) is 0 Å². The van der Waals surface area contributed by atoms with E-state index in [1.54, 1.807) is 13.2 Å². The molecule has 2 amide bonds. The van der Waals surface area contributed by atoms with Gasteiger partial charge in [-0.2, -0.15) is 12.6 Å². The molecule has 0 aliphatic rings. The number of hydrogen-bond donors (Lipinski definition) is 5. The van der Waals surface area contributed by atoms with Crippen molar-refractivity contribution in [3.63, 3.8) is 0 Å². The van der Waals surface area contributed by atoms with E-state index in [0.717, 1.165) is 66.1 Å². The highest BCUT2D eigenvalue weighted by atomic mass is 32.1. The molecule has 7 heteroatoms. The van der Waals surface area contributed by atoms with E-state index in [9.17, 15) is 9.59 Å². The molecule has 0 unspecified atom stereocenters. The van der Waals surface area contributed by atoms with Crippen LogP contribution in [0.4, 0.5) is 0 Å². The lowest BCUT2D eigenvalue weighted by molar-refractivity contribution is -0.118. The van der Waals surface area contributed by atoms with Crippen LogP contribution in [-0.4, -0.2) is 18.6 Å². The van der Waals surface area contributed by atoms with Crippen LogP contribution in [0.2, 0.25) is 0 Å².